The van der Waals surface area contributed by atoms with Gasteiger partial charge in [0.2, 0.25) is 5.91 Å². The standard InChI is InChI=1S/C21H29N3O2/c25-20(24-16-8-10-17-9-4-5-13-19(17)24)14-6-7-15-22-21(26)23-18-11-2-1-3-12-18/h1-3,11-13,17H,4-10,14-16H2,(H2,22,23,26). The highest BCUT2D eigenvalue weighted by atomic mass is 16.2. The molecular weight excluding hydrogens is 326 g/mol. The maximum absolute atomic E-state index is 12.6. The predicted molar refractivity (Wildman–Crippen MR) is 104 cm³/mol. The molecule has 0 radical (unpaired) electrons. The van der Waals surface area contributed by atoms with Crippen LogP contribution in [0.2, 0.25) is 0 Å². The van der Waals surface area contributed by atoms with Gasteiger partial charge in [-0.25, -0.2) is 4.79 Å². The summed E-state index contributed by atoms with van der Waals surface area (Å²) in [6.45, 7) is 1.45. The van der Waals surface area contributed by atoms with Crippen molar-refractivity contribution in [2.24, 2.45) is 5.92 Å². The first kappa shape index (κ1) is 18.5. The van der Waals surface area contributed by atoms with Crippen molar-refractivity contribution in [3.8, 4) is 0 Å². The first-order valence-electron chi connectivity index (χ1n) is 9.84. The number of para-hydroxylation sites is 1. The topological polar surface area (TPSA) is 61.4 Å². The van der Waals surface area contributed by atoms with Crippen molar-refractivity contribution in [1.29, 1.82) is 0 Å². The van der Waals surface area contributed by atoms with Gasteiger partial charge in [0.15, 0.2) is 0 Å². The highest BCUT2D eigenvalue weighted by molar-refractivity contribution is 5.89. The minimum absolute atomic E-state index is 0.200. The fourth-order valence-corrected chi connectivity index (χ4v) is 3.88. The van der Waals surface area contributed by atoms with Crippen molar-refractivity contribution in [1.82, 2.24) is 10.2 Å². The summed E-state index contributed by atoms with van der Waals surface area (Å²) >= 11 is 0. The van der Waals surface area contributed by atoms with E-state index in [1.807, 2.05) is 35.2 Å². The first-order valence-corrected chi connectivity index (χ1v) is 9.84. The molecule has 1 aromatic rings. The van der Waals surface area contributed by atoms with Crippen LogP contribution >= 0.6 is 0 Å². The van der Waals surface area contributed by atoms with Crippen LogP contribution in [-0.4, -0.2) is 29.9 Å². The van der Waals surface area contributed by atoms with Gasteiger partial charge in [-0.05, 0) is 63.0 Å². The zero-order chi connectivity index (χ0) is 18.2. The van der Waals surface area contributed by atoms with Crippen LogP contribution in [0.15, 0.2) is 42.1 Å². The van der Waals surface area contributed by atoms with Crippen molar-refractivity contribution in [2.75, 3.05) is 18.4 Å². The number of anilines is 1. The van der Waals surface area contributed by atoms with Gasteiger partial charge < -0.3 is 15.5 Å². The molecule has 2 N–H and O–H groups in total. The molecule has 3 rings (SSSR count). The molecule has 5 heteroatoms. The van der Waals surface area contributed by atoms with E-state index in [4.69, 9.17) is 0 Å². The van der Waals surface area contributed by atoms with E-state index in [0.29, 0.717) is 18.9 Å². The number of amides is 3. The second-order valence-corrected chi connectivity index (χ2v) is 7.15. The quantitative estimate of drug-likeness (QED) is 0.748. The number of likely N-dealkylation sites (tertiary alicyclic amines) is 1. The maximum Gasteiger partial charge on any atom is 0.319 e. The molecule has 0 spiro atoms. The molecule has 3 amide bonds. The van der Waals surface area contributed by atoms with Crippen molar-refractivity contribution in [3.05, 3.63) is 42.1 Å². The average molecular weight is 355 g/mol. The van der Waals surface area contributed by atoms with Crippen molar-refractivity contribution in [3.63, 3.8) is 0 Å². The highest BCUT2D eigenvalue weighted by Gasteiger charge is 2.29. The third-order valence-corrected chi connectivity index (χ3v) is 5.21. The number of nitrogens with zero attached hydrogens (tertiary/aromatic N) is 1. The van der Waals surface area contributed by atoms with Crippen molar-refractivity contribution in [2.45, 2.75) is 51.4 Å². The zero-order valence-corrected chi connectivity index (χ0v) is 15.4. The van der Waals surface area contributed by atoms with Crippen LogP contribution in [0.4, 0.5) is 10.5 Å². The van der Waals surface area contributed by atoms with Gasteiger partial charge >= 0.3 is 6.03 Å². The fraction of sp³-hybridized carbons (Fsp3) is 0.524. The molecule has 1 aromatic carbocycles. The molecule has 140 valence electrons. The predicted octanol–water partition coefficient (Wildman–Crippen LogP) is 4.28. The molecule has 5 nitrogen and oxygen atoms in total. The number of fused-ring (bicyclic) bond motifs is 1. The van der Waals surface area contributed by atoms with Crippen LogP contribution in [0.25, 0.3) is 0 Å². The van der Waals surface area contributed by atoms with E-state index in [1.54, 1.807) is 0 Å². The number of nitrogens with one attached hydrogen (secondary N) is 2. The number of allylic oxidation sites excluding steroid dienone is 2. The lowest BCUT2D eigenvalue weighted by Gasteiger charge is -2.38. The Bertz CT molecular complexity index is 642. The number of carbonyl (C=O) groups excluding carboxylic acids is 2. The van der Waals surface area contributed by atoms with Crippen LogP contribution in [0.1, 0.15) is 51.4 Å². The molecule has 0 saturated carbocycles. The number of hydrogen-bond donors (Lipinski definition) is 2. The van der Waals surface area contributed by atoms with Gasteiger partial charge in [-0.1, -0.05) is 24.3 Å². The molecule has 0 bridgehead atoms. The molecule has 0 aromatic heterocycles. The second-order valence-electron chi connectivity index (χ2n) is 7.15. The number of unbranched alkanes of at least 4 members (excludes halogenated alkanes) is 1. The summed E-state index contributed by atoms with van der Waals surface area (Å²) < 4.78 is 0. The molecule has 1 saturated heterocycles. The van der Waals surface area contributed by atoms with Crippen LogP contribution in [0.3, 0.4) is 0 Å². The molecule has 1 aliphatic heterocycles. The summed E-state index contributed by atoms with van der Waals surface area (Å²) in [4.78, 5) is 26.4. The number of rotatable bonds is 6. The van der Waals surface area contributed by atoms with E-state index in [2.05, 4.69) is 16.7 Å². The minimum Gasteiger partial charge on any atom is -0.338 e. The van der Waals surface area contributed by atoms with Gasteiger partial charge in [0.25, 0.3) is 0 Å². The first-order chi connectivity index (χ1) is 12.7. The van der Waals surface area contributed by atoms with Gasteiger partial charge in [0, 0.05) is 30.9 Å². The van der Waals surface area contributed by atoms with E-state index in [1.165, 1.54) is 25.0 Å². The molecule has 1 aliphatic carbocycles. The Morgan fingerprint density at radius 1 is 1.08 bits per heavy atom. The third-order valence-electron chi connectivity index (χ3n) is 5.21. The van der Waals surface area contributed by atoms with E-state index < -0.39 is 0 Å². The van der Waals surface area contributed by atoms with E-state index in [0.717, 1.165) is 37.9 Å². The molecule has 1 atom stereocenters. The SMILES string of the molecule is O=C(NCCCCC(=O)N1CCCC2CCCC=C21)Nc1ccccc1. The van der Waals surface area contributed by atoms with Crippen molar-refractivity contribution >= 4 is 17.6 Å². The fourth-order valence-electron chi connectivity index (χ4n) is 3.88. The van der Waals surface area contributed by atoms with E-state index in [-0.39, 0.29) is 11.9 Å². The molecule has 26 heavy (non-hydrogen) atoms. The summed E-state index contributed by atoms with van der Waals surface area (Å²) in [5.74, 6) is 0.849. The Labute approximate surface area is 155 Å². The Morgan fingerprint density at radius 3 is 2.73 bits per heavy atom. The number of benzene rings is 1. The number of urea groups is 1. The van der Waals surface area contributed by atoms with Crippen LogP contribution in [0, 0.1) is 5.92 Å². The smallest absolute Gasteiger partial charge is 0.319 e. The summed E-state index contributed by atoms with van der Waals surface area (Å²) in [6, 6.07) is 9.18. The van der Waals surface area contributed by atoms with Gasteiger partial charge in [0.05, 0.1) is 0 Å². The Morgan fingerprint density at radius 2 is 1.88 bits per heavy atom. The minimum atomic E-state index is -0.200. The molecule has 2 aliphatic rings. The second kappa shape index (κ2) is 9.41. The Balaban J connectivity index is 1.34. The van der Waals surface area contributed by atoms with Gasteiger partial charge in [-0.15, -0.1) is 0 Å². The normalized spacial score (nSPS) is 19.3. The molecule has 1 fully saturated rings. The monoisotopic (exact) mass is 355 g/mol. The molecular formula is C21H29N3O2. The lowest BCUT2D eigenvalue weighted by molar-refractivity contribution is -0.130. The summed E-state index contributed by atoms with van der Waals surface area (Å²) in [5, 5.41) is 5.64. The van der Waals surface area contributed by atoms with E-state index >= 15 is 0 Å². The van der Waals surface area contributed by atoms with Crippen LogP contribution in [0.5, 0.6) is 0 Å². The summed E-state index contributed by atoms with van der Waals surface area (Å²) in [6.07, 6.45) is 10.4. The highest BCUT2D eigenvalue weighted by Crippen LogP contribution is 2.35. The number of hydrogen-bond acceptors (Lipinski definition) is 2. The Kier molecular flexibility index (Phi) is 6.69. The largest absolute Gasteiger partial charge is 0.338 e. The van der Waals surface area contributed by atoms with Crippen molar-refractivity contribution < 1.29 is 9.59 Å². The van der Waals surface area contributed by atoms with Gasteiger partial charge in [0.1, 0.15) is 0 Å². The Hall–Kier alpha value is -2.30. The number of carbonyl (C=O) groups is 2. The van der Waals surface area contributed by atoms with Gasteiger partial charge in [-0.3, -0.25) is 4.79 Å². The zero-order valence-electron chi connectivity index (χ0n) is 15.4. The summed E-state index contributed by atoms with van der Waals surface area (Å²) in [5.41, 5.74) is 2.06. The maximum atomic E-state index is 12.6. The lowest BCUT2D eigenvalue weighted by atomic mass is 9.85. The van der Waals surface area contributed by atoms with Crippen LogP contribution in [-0.2, 0) is 4.79 Å². The number of piperidine rings is 1. The van der Waals surface area contributed by atoms with Crippen LogP contribution < -0.4 is 10.6 Å². The third kappa shape index (κ3) is 5.10. The summed E-state index contributed by atoms with van der Waals surface area (Å²) in [7, 11) is 0. The van der Waals surface area contributed by atoms with E-state index in [9.17, 15) is 9.59 Å². The lowest BCUT2D eigenvalue weighted by Crippen LogP contribution is -2.39. The van der Waals surface area contributed by atoms with Gasteiger partial charge in [-0.2, -0.15) is 0 Å². The molecule has 1 unspecified atom stereocenters. The molecule has 1 heterocycles. The average Bonchev–Trinajstić information content (AvgIpc) is 2.68.